The van der Waals surface area contributed by atoms with Crippen LogP contribution in [0.2, 0.25) is 0 Å². The molecule has 0 unspecified atom stereocenters. The van der Waals surface area contributed by atoms with Crippen molar-refractivity contribution in [3.63, 3.8) is 0 Å². The van der Waals surface area contributed by atoms with Crippen molar-refractivity contribution in [1.82, 2.24) is 9.80 Å². The number of aryl methyl sites for hydroxylation is 1. The number of carboxylic acid groups (broad SMARTS) is 2. The first-order valence-electron chi connectivity index (χ1n) is 13.5. The number of hydrogen-bond donors (Lipinski definition) is 0. The molecule has 39 heavy (non-hydrogen) atoms. The first-order valence-corrected chi connectivity index (χ1v) is 13.5. The Labute approximate surface area is 232 Å². The molecular weight excluding hydrogens is 488 g/mol. The van der Waals surface area contributed by atoms with Crippen molar-refractivity contribution < 1.29 is 19.8 Å². The van der Waals surface area contributed by atoms with Crippen molar-refractivity contribution in [2.45, 2.75) is 32.1 Å². The van der Waals surface area contributed by atoms with Gasteiger partial charge in [0.2, 0.25) is 0 Å². The van der Waals surface area contributed by atoms with Crippen molar-refractivity contribution in [1.29, 1.82) is 0 Å². The monoisotopic (exact) mass is 526 g/mol. The maximum Gasteiger partial charge on any atom is 0.0720 e. The van der Waals surface area contributed by atoms with Crippen LogP contribution >= 0.6 is 0 Å². The van der Waals surface area contributed by atoms with Gasteiger partial charge in [0.1, 0.15) is 0 Å². The molecule has 3 rings (SSSR count). The van der Waals surface area contributed by atoms with E-state index in [-0.39, 0.29) is 11.1 Å². The molecule has 0 heterocycles. The molecule has 0 bridgehead atoms. The van der Waals surface area contributed by atoms with Gasteiger partial charge >= 0.3 is 0 Å². The average molecular weight is 527 g/mol. The smallest absolute Gasteiger partial charge is 0.0720 e. The first-order chi connectivity index (χ1) is 18.9. The van der Waals surface area contributed by atoms with E-state index in [4.69, 9.17) is 0 Å². The van der Waals surface area contributed by atoms with E-state index in [0.29, 0.717) is 37.9 Å². The van der Waals surface area contributed by atoms with Crippen molar-refractivity contribution in [2.75, 3.05) is 39.3 Å². The van der Waals surface area contributed by atoms with Gasteiger partial charge in [-0.1, -0.05) is 48.6 Å². The number of carbonyl (C=O) groups excluding carboxylic acids is 2. The van der Waals surface area contributed by atoms with Gasteiger partial charge in [-0.3, -0.25) is 9.80 Å². The SMILES string of the molecule is C=CCN(CC=C)CCCc1cc2c(c(CCCN(CC=C)CC=C)c1C(=O)[O-])Cc1c(C(=O)[O-])cccc1-2. The quantitative estimate of drug-likeness (QED) is 0.237. The molecule has 0 amide bonds. The lowest BCUT2D eigenvalue weighted by Gasteiger charge is -2.23. The molecule has 0 atom stereocenters. The number of benzene rings is 2. The number of rotatable bonds is 18. The van der Waals surface area contributed by atoms with E-state index < -0.39 is 11.9 Å². The number of fused-ring (bicyclic) bond motifs is 3. The topological polar surface area (TPSA) is 86.7 Å². The summed E-state index contributed by atoms with van der Waals surface area (Å²) in [5.41, 5.74) is 5.16. The molecule has 206 valence electrons. The lowest BCUT2D eigenvalue weighted by atomic mass is 9.87. The van der Waals surface area contributed by atoms with Gasteiger partial charge in [0.05, 0.1) is 11.9 Å². The molecule has 0 radical (unpaired) electrons. The van der Waals surface area contributed by atoms with Crippen molar-refractivity contribution >= 4 is 11.9 Å². The third kappa shape index (κ3) is 7.22. The van der Waals surface area contributed by atoms with E-state index in [9.17, 15) is 19.8 Å². The second-order valence-corrected chi connectivity index (χ2v) is 9.88. The molecule has 0 spiro atoms. The normalized spacial score (nSPS) is 11.7. The molecule has 6 nitrogen and oxygen atoms in total. The van der Waals surface area contributed by atoms with Gasteiger partial charge in [0, 0.05) is 37.3 Å². The third-order valence-corrected chi connectivity index (χ3v) is 7.25. The molecule has 2 aromatic rings. The van der Waals surface area contributed by atoms with Gasteiger partial charge in [-0.15, -0.1) is 26.3 Å². The second-order valence-electron chi connectivity index (χ2n) is 9.88. The van der Waals surface area contributed by atoms with Crippen LogP contribution < -0.4 is 10.2 Å². The zero-order valence-electron chi connectivity index (χ0n) is 22.8. The van der Waals surface area contributed by atoms with Crippen LogP contribution in [0.25, 0.3) is 11.1 Å². The largest absolute Gasteiger partial charge is 0.545 e. The van der Waals surface area contributed by atoms with Gasteiger partial charge in [-0.25, -0.2) is 0 Å². The predicted octanol–water partition coefficient (Wildman–Crippen LogP) is 3.20. The van der Waals surface area contributed by atoms with Crippen LogP contribution in [0.5, 0.6) is 0 Å². The zero-order chi connectivity index (χ0) is 28.4. The van der Waals surface area contributed by atoms with Crippen molar-refractivity contribution in [2.24, 2.45) is 0 Å². The molecule has 0 N–H and O–H groups in total. The van der Waals surface area contributed by atoms with Gasteiger partial charge < -0.3 is 19.8 Å². The van der Waals surface area contributed by atoms with E-state index >= 15 is 0 Å². The van der Waals surface area contributed by atoms with Crippen LogP contribution in [0.4, 0.5) is 0 Å². The summed E-state index contributed by atoms with van der Waals surface area (Å²) in [7, 11) is 0. The van der Waals surface area contributed by atoms with Crippen LogP contribution in [0.3, 0.4) is 0 Å². The Morgan fingerprint density at radius 2 is 1.33 bits per heavy atom. The Hall–Kier alpha value is -3.74. The minimum atomic E-state index is -1.23. The van der Waals surface area contributed by atoms with Gasteiger partial charge in [-0.2, -0.15) is 0 Å². The first kappa shape index (κ1) is 29.8. The summed E-state index contributed by atoms with van der Waals surface area (Å²) in [6.45, 7) is 19.7. The van der Waals surface area contributed by atoms with E-state index in [1.54, 1.807) is 12.1 Å². The van der Waals surface area contributed by atoms with Crippen LogP contribution in [0.1, 0.15) is 55.8 Å². The van der Waals surface area contributed by atoms with Crippen LogP contribution in [-0.4, -0.2) is 61.0 Å². The van der Waals surface area contributed by atoms with Gasteiger partial charge in [0.25, 0.3) is 0 Å². The molecule has 6 heteroatoms. The summed E-state index contributed by atoms with van der Waals surface area (Å²) in [5, 5.41) is 24.5. The molecule has 2 aromatic carbocycles. The number of aromatic carboxylic acids is 2. The summed E-state index contributed by atoms with van der Waals surface area (Å²) in [6, 6.07) is 7.11. The standard InChI is InChI=1S/C33H40N2O4/c1-5-16-34(17-6-2)20-10-12-24-22-28-25-13-9-14-27(32(36)37)29(25)23-30(28)26(31(24)33(38)39)15-11-21-35(18-7-3)19-8-4/h5-9,13-14,22H,1-4,10-12,15-21,23H2,(H,36,37)(H,38,39)/p-2. The molecule has 1 aliphatic rings. The van der Waals surface area contributed by atoms with Crippen LogP contribution in [0.15, 0.2) is 74.9 Å². The minimum Gasteiger partial charge on any atom is -0.545 e. The molecule has 0 saturated heterocycles. The molecule has 0 fully saturated rings. The molecule has 1 aliphatic carbocycles. The Kier molecular flexibility index (Phi) is 11.0. The highest BCUT2D eigenvalue weighted by Crippen LogP contribution is 2.42. The van der Waals surface area contributed by atoms with E-state index in [0.717, 1.165) is 66.8 Å². The predicted molar refractivity (Wildman–Crippen MR) is 154 cm³/mol. The van der Waals surface area contributed by atoms with Gasteiger partial charge in [0.15, 0.2) is 0 Å². The molecule has 0 aliphatic heterocycles. The Balaban J connectivity index is 2.02. The van der Waals surface area contributed by atoms with Crippen molar-refractivity contribution in [3.05, 3.63) is 108 Å². The summed E-state index contributed by atoms with van der Waals surface area (Å²) >= 11 is 0. The fourth-order valence-electron chi connectivity index (χ4n) is 5.63. The Morgan fingerprint density at radius 3 is 1.85 bits per heavy atom. The summed E-state index contributed by atoms with van der Waals surface area (Å²) in [5.74, 6) is -2.42. The van der Waals surface area contributed by atoms with Crippen LogP contribution in [0, 0.1) is 0 Å². The summed E-state index contributed by atoms with van der Waals surface area (Å²) in [4.78, 5) is 28.9. The summed E-state index contributed by atoms with van der Waals surface area (Å²) < 4.78 is 0. The third-order valence-electron chi connectivity index (χ3n) is 7.25. The zero-order valence-corrected chi connectivity index (χ0v) is 22.8. The second kappa shape index (κ2) is 14.4. The maximum atomic E-state index is 12.6. The lowest BCUT2D eigenvalue weighted by molar-refractivity contribution is -0.256. The highest BCUT2D eigenvalue weighted by Gasteiger charge is 2.27. The number of carbonyl (C=O) groups is 2. The lowest BCUT2D eigenvalue weighted by Crippen LogP contribution is -2.28. The molecule has 0 saturated carbocycles. The summed E-state index contributed by atoms with van der Waals surface area (Å²) in [6.07, 6.45) is 10.3. The van der Waals surface area contributed by atoms with E-state index in [2.05, 4.69) is 36.1 Å². The number of nitrogens with zero attached hydrogens (tertiary/aromatic N) is 2. The highest BCUT2D eigenvalue weighted by molar-refractivity contribution is 5.96. The minimum absolute atomic E-state index is 0.152. The fourth-order valence-corrected chi connectivity index (χ4v) is 5.63. The molecular formula is C33H38N2O4-2. The average Bonchev–Trinajstić information content (AvgIpc) is 3.27. The molecule has 0 aromatic heterocycles. The van der Waals surface area contributed by atoms with Crippen molar-refractivity contribution in [3.8, 4) is 11.1 Å². The number of hydrogen-bond acceptors (Lipinski definition) is 6. The maximum absolute atomic E-state index is 12.6. The number of carboxylic acids is 2. The van der Waals surface area contributed by atoms with E-state index in [1.807, 2.05) is 36.4 Å². The highest BCUT2D eigenvalue weighted by atomic mass is 16.4. The fraction of sp³-hybridized carbons (Fsp3) is 0.333. The van der Waals surface area contributed by atoms with Crippen LogP contribution in [-0.2, 0) is 19.3 Å². The Bertz CT molecular complexity index is 1230. The Morgan fingerprint density at radius 1 is 0.769 bits per heavy atom. The van der Waals surface area contributed by atoms with Gasteiger partial charge in [-0.05, 0) is 78.6 Å². The van der Waals surface area contributed by atoms with E-state index in [1.165, 1.54) is 0 Å².